The first-order valence-electron chi connectivity index (χ1n) is 6.97. The summed E-state index contributed by atoms with van der Waals surface area (Å²) in [4.78, 5) is 17.5. The van der Waals surface area contributed by atoms with Crippen molar-refractivity contribution in [2.45, 2.75) is 45.7 Å². The first-order valence-corrected chi connectivity index (χ1v) is 6.97. The second-order valence-corrected chi connectivity index (χ2v) is 5.39. The van der Waals surface area contributed by atoms with Gasteiger partial charge in [-0.15, -0.1) is 0 Å². The van der Waals surface area contributed by atoms with Crippen LogP contribution in [0.15, 0.2) is 6.20 Å². The highest BCUT2D eigenvalue weighted by Crippen LogP contribution is 2.30. The Bertz CT molecular complexity index is 498. The number of rotatable bonds is 7. The van der Waals surface area contributed by atoms with Crippen LogP contribution >= 0.6 is 0 Å². The molecular formula is C15H22N2O3. The number of aryl methyl sites for hydroxylation is 1. The SMILES string of the molecule is COc1c(C)cnc(CN(CCC(=O)O)C2CC2)c1C. The van der Waals surface area contributed by atoms with Gasteiger partial charge in [0.25, 0.3) is 0 Å². The molecule has 0 unspecified atom stereocenters. The summed E-state index contributed by atoms with van der Waals surface area (Å²) in [5.74, 6) is 0.130. The van der Waals surface area contributed by atoms with Gasteiger partial charge in [-0.2, -0.15) is 0 Å². The van der Waals surface area contributed by atoms with E-state index in [-0.39, 0.29) is 6.42 Å². The van der Waals surface area contributed by atoms with E-state index < -0.39 is 5.97 Å². The number of carbonyl (C=O) groups is 1. The Kier molecular flexibility index (Phi) is 4.60. The van der Waals surface area contributed by atoms with Crippen LogP contribution in [0.25, 0.3) is 0 Å². The first kappa shape index (κ1) is 14.8. The first-order chi connectivity index (χ1) is 9.52. The summed E-state index contributed by atoms with van der Waals surface area (Å²) in [6, 6.07) is 0.517. The Morgan fingerprint density at radius 1 is 1.50 bits per heavy atom. The van der Waals surface area contributed by atoms with Crippen molar-refractivity contribution in [3.05, 3.63) is 23.0 Å². The van der Waals surface area contributed by atoms with Gasteiger partial charge in [0, 0.05) is 36.5 Å². The van der Waals surface area contributed by atoms with Gasteiger partial charge in [0.15, 0.2) is 0 Å². The maximum Gasteiger partial charge on any atom is 0.304 e. The van der Waals surface area contributed by atoms with E-state index in [1.54, 1.807) is 7.11 Å². The molecule has 0 radical (unpaired) electrons. The van der Waals surface area contributed by atoms with E-state index in [1.165, 1.54) is 0 Å². The van der Waals surface area contributed by atoms with Crippen molar-refractivity contribution in [1.82, 2.24) is 9.88 Å². The third kappa shape index (κ3) is 3.48. The van der Waals surface area contributed by atoms with Crippen molar-refractivity contribution >= 4 is 5.97 Å². The smallest absolute Gasteiger partial charge is 0.304 e. The van der Waals surface area contributed by atoms with Crippen molar-refractivity contribution in [1.29, 1.82) is 0 Å². The second kappa shape index (κ2) is 6.22. The summed E-state index contributed by atoms with van der Waals surface area (Å²) in [5.41, 5.74) is 3.05. The molecule has 1 aliphatic carbocycles. The zero-order valence-electron chi connectivity index (χ0n) is 12.3. The molecule has 5 heteroatoms. The second-order valence-electron chi connectivity index (χ2n) is 5.39. The molecule has 0 aromatic carbocycles. The molecule has 110 valence electrons. The van der Waals surface area contributed by atoms with E-state index in [0.29, 0.717) is 19.1 Å². The minimum Gasteiger partial charge on any atom is -0.496 e. The van der Waals surface area contributed by atoms with Crippen LogP contribution in [0.2, 0.25) is 0 Å². The molecule has 1 heterocycles. The maximum atomic E-state index is 10.7. The van der Waals surface area contributed by atoms with E-state index in [2.05, 4.69) is 9.88 Å². The molecule has 1 fully saturated rings. The predicted octanol–water partition coefficient (Wildman–Crippen LogP) is 2.15. The summed E-state index contributed by atoms with van der Waals surface area (Å²) < 4.78 is 5.42. The molecule has 20 heavy (non-hydrogen) atoms. The number of aromatic nitrogens is 1. The Morgan fingerprint density at radius 2 is 2.20 bits per heavy atom. The van der Waals surface area contributed by atoms with E-state index in [9.17, 15) is 4.79 Å². The molecule has 0 amide bonds. The fraction of sp³-hybridized carbons (Fsp3) is 0.600. The minimum atomic E-state index is -0.748. The van der Waals surface area contributed by atoms with E-state index in [0.717, 1.165) is 35.4 Å². The normalized spacial score (nSPS) is 14.6. The van der Waals surface area contributed by atoms with Gasteiger partial charge in [-0.3, -0.25) is 14.7 Å². The summed E-state index contributed by atoms with van der Waals surface area (Å²) in [5, 5.41) is 8.84. The molecule has 1 aromatic rings. The van der Waals surface area contributed by atoms with Gasteiger partial charge >= 0.3 is 5.97 Å². The summed E-state index contributed by atoms with van der Waals surface area (Å²) in [7, 11) is 1.67. The van der Waals surface area contributed by atoms with Crippen LogP contribution < -0.4 is 4.74 Å². The van der Waals surface area contributed by atoms with Gasteiger partial charge in [0.05, 0.1) is 19.2 Å². The lowest BCUT2D eigenvalue weighted by atomic mass is 10.1. The lowest BCUT2D eigenvalue weighted by Gasteiger charge is -2.22. The number of carboxylic acids is 1. The fourth-order valence-corrected chi connectivity index (χ4v) is 2.49. The molecule has 0 saturated heterocycles. The third-order valence-corrected chi connectivity index (χ3v) is 3.78. The van der Waals surface area contributed by atoms with Crippen LogP contribution in [0.1, 0.15) is 36.1 Å². The highest BCUT2D eigenvalue weighted by Gasteiger charge is 2.30. The molecule has 1 aromatic heterocycles. The van der Waals surface area contributed by atoms with Crippen LogP contribution in [-0.4, -0.2) is 40.7 Å². The number of methoxy groups -OCH3 is 1. The summed E-state index contributed by atoms with van der Waals surface area (Å²) in [6.45, 7) is 5.26. The van der Waals surface area contributed by atoms with Crippen LogP contribution in [0.5, 0.6) is 5.75 Å². The standard InChI is InChI=1S/C15H22N2O3/c1-10-8-16-13(11(2)15(10)20-3)9-17(12-4-5-12)7-6-14(18)19/h8,12H,4-7,9H2,1-3H3,(H,18,19). The molecule has 1 saturated carbocycles. The summed E-state index contributed by atoms with van der Waals surface area (Å²) in [6.07, 6.45) is 4.31. The number of nitrogens with zero attached hydrogens (tertiary/aromatic N) is 2. The fourth-order valence-electron chi connectivity index (χ4n) is 2.49. The van der Waals surface area contributed by atoms with Gasteiger partial charge in [-0.25, -0.2) is 0 Å². The highest BCUT2D eigenvalue weighted by molar-refractivity contribution is 5.66. The number of hydrogen-bond acceptors (Lipinski definition) is 4. The van der Waals surface area contributed by atoms with Gasteiger partial charge < -0.3 is 9.84 Å². The number of hydrogen-bond donors (Lipinski definition) is 1. The minimum absolute atomic E-state index is 0.179. The highest BCUT2D eigenvalue weighted by atomic mass is 16.5. The monoisotopic (exact) mass is 278 g/mol. The van der Waals surface area contributed by atoms with E-state index in [1.807, 2.05) is 20.0 Å². The number of carboxylic acid groups (broad SMARTS) is 1. The maximum absolute atomic E-state index is 10.7. The zero-order valence-corrected chi connectivity index (χ0v) is 12.3. The topological polar surface area (TPSA) is 62.7 Å². The van der Waals surface area contributed by atoms with Crippen molar-refractivity contribution < 1.29 is 14.6 Å². The van der Waals surface area contributed by atoms with Gasteiger partial charge in [0.2, 0.25) is 0 Å². The molecule has 0 bridgehead atoms. The van der Waals surface area contributed by atoms with Gasteiger partial charge in [-0.1, -0.05) is 0 Å². The van der Waals surface area contributed by atoms with Crippen LogP contribution in [0, 0.1) is 13.8 Å². The Balaban J connectivity index is 2.12. The average Bonchev–Trinajstić information content (AvgIpc) is 3.21. The van der Waals surface area contributed by atoms with Crippen molar-refractivity contribution in [2.24, 2.45) is 0 Å². The largest absolute Gasteiger partial charge is 0.496 e. The van der Waals surface area contributed by atoms with Crippen LogP contribution in [0.4, 0.5) is 0 Å². The molecule has 1 N–H and O–H groups in total. The zero-order chi connectivity index (χ0) is 14.7. The Hall–Kier alpha value is -1.62. The lowest BCUT2D eigenvalue weighted by molar-refractivity contribution is -0.137. The third-order valence-electron chi connectivity index (χ3n) is 3.78. The van der Waals surface area contributed by atoms with Crippen LogP contribution in [0.3, 0.4) is 0 Å². The molecule has 2 rings (SSSR count). The van der Waals surface area contributed by atoms with Crippen LogP contribution in [-0.2, 0) is 11.3 Å². The molecule has 0 spiro atoms. The molecule has 1 aliphatic rings. The van der Waals surface area contributed by atoms with Crippen molar-refractivity contribution in [2.75, 3.05) is 13.7 Å². The Morgan fingerprint density at radius 3 is 2.75 bits per heavy atom. The van der Waals surface area contributed by atoms with Crippen molar-refractivity contribution in [3.63, 3.8) is 0 Å². The number of aliphatic carboxylic acids is 1. The van der Waals surface area contributed by atoms with E-state index in [4.69, 9.17) is 9.84 Å². The molecule has 5 nitrogen and oxygen atoms in total. The predicted molar refractivity (Wildman–Crippen MR) is 75.9 cm³/mol. The quantitative estimate of drug-likeness (QED) is 0.828. The lowest BCUT2D eigenvalue weighted by Crippen LogP contribution is -2.29. The Labute approximate surface area is 119 Å². The van der Waals surface area contributed by atoms with Gasteiger partial charge in [0.1, 0.15) is 5.75 Å². The summed E-state index contributed by atoms with van der Waals surface area (Å²) >= 11 is 0. The number of pyridine rings is 1. The molecule has 0 aliphatic heterocycles. The van der Waals surface area contributed by atoms with Gasteiger partial charge in [-0.05, 0) is 26.7 Å². The molecule has 0 atom stereocenters. The van der Waals surface area contributed by atoms with E-state index >= 15 is 0 Å². The van der Waals surface area contributed by atoms with Crippen molar-refractivity contribution in [3.8, 4) is 5.75 Å². The number of ether oxygens (including phenoxy) is 1. The average molecular weight is 278 g/mol. The molecular weight excluding hydrogens is 256 g/mol.